The van der Waals surface area contributed by atoms with Crippen molar-refractivity contribution in [3.8, 4) is 33.8 Å². The summed E-state index contributed by atoms with van der Waals surface area (Å²) in [6.45, 7) is 12.2. The van der Waals surface area contributed by atoms with Crippen molar-refractivity contribution in [3.05, 3.63) is 168 Å². The predicted molar refractivity (Wildman–Crippen MR) is 289 cm³/mol. The van der Waals surface area contributed by atoms with Crippen molar-refractivity contribution >= 4 is 53.6 Å². The fourth-order valence-corrected chi connectivity index (χ4v) is 8.44. The molecule has 14 nitrogen and oxygen atoms in total. The number of anilines is 2. The number of rotatable bonds is 15. The number of benzene rings is 6. The number of carbonyl (C=O) groups is 5. The van der Waals surface area contributed by atoms with Gasteiger partial charge in [-0.3, -0.25) is 19.2 Å². The summed E-state index contributed by atoms with van der Waals surface area (Å²) in [6, 6.07) is 46.0. The predicted octanol–water partition coefficient (Wildman–Crippen LogP) is 10.5. The first-order valence-electron chi connectivity index (χ1n) is 24.4. The fourth-order valence-electron chi connectivity index (χ4n) is 8.44. The Balaban J connectivity index is 0.000000248. The van der Waals surface area contributed by atoms with Crippen LogP contribution in [0.1, 0.15) is 76.6 Å². The second kappa shape index (κ2) is 24.8. The molecule has 2 aliphatic heterocycles. The van der Waals surface area contributed by atoms with Gasteiger partial charge in [0.05, 0.1) is 18.9 Å². The molecule has 6 aromatic carbocycles. The SMILES string of the molecule is CC(C)(C)OC(=O)C[C@@H](NC(=O)OC(C)(C)C)C(=O)N1CCc2cc(OCc3ccc(-c4ccccc4)cc3)ccc21.Cl.N[C@H](CC(=O)O)C(=O)N1CCc2cc(OCc3ccc(-c4ccccc4)cc3)ccc21. The third-order valence-corrected chi connectivity index (χ3v) is 11.8. The molecular formula is C59H65ClN4O10. The van der Waals surface area contributed by atoms with Gasteiger partial charge in [0.1, 0.15) is 42.0 Å². The van der Waals surface area contributed by atoms with E-state index in [1.807, 2.05) is 72.8 Å². The Kier molecular flexibility index (Phi) is 18.7. The van der Waals surface area contributed by atoms with E-state index in [1.165, 1.54) is 5.56 Å². The molecule has 2 atom stereocenters. The number of aliphatic carboxylic acids is 1. The van der Waals surface area contributed by atoms with Crippen molar-refractivity contribution < 1.29 is 48.0 Å². The summed E-state index contributed by atoms with van der Waals surface area (Å²) < 4.78 is 22.8. The average Bonchev–Trinajstić information content (AvgIpc) is 3.98. The minimum Gasteiger partial charge on any atom is -0.489 e. The number of esters is 1. The van der Waals surface area contributed by atoms with E-state index in [1.54, 1.807) is 51.3 Å². The summed E-state index contributed by atoms with van der Waals surface area (Å²) in [4.78, 5) is 65.3. The Morgan fingerprint density at radius 3 is 1.41 bits per heavy atom. The van der Waals surface area contributed by atoms with Crippen molar-refractivity contribution in [1.82, 2.24) is 5.32 Å². The quantitative estimate of drug-likeness (QED) is 0.0831. The normalized spacial score (nSPS) is 13.4. The third-order valence-electron chi connectivity index (χ3n) is 11.8. The molecule has 4 N–H and O–H groups in total. The van der Waals surface area contributed by atoms with E-state index in [2.05, 4.69) is 78.1 Å². The lowest BCUT2D eigenvalue weighted by Crippen LogP contribution is -2.50. The van der Waals surface area contributed by atoms with Crippen LogP contribution in [0.25, 0.3) is 22.3 Å². The van der Waals surface area contributed by atoms with Crippen molar-refractivity contribution in [2.45, 2.75) is 104 Å². The number of nitrogens with zero attached hydrogens (tertiary/aromatic N) is 2. The minimum atomic E-state index is -1.14. The Hall–Kier alpha value is -7.68. The van der Waals surface area contributed by atoms with Gasteiger partial charge in [-0.2, -0.15) is 0 Å². The van der Waals surface area contributed by atoms with Gasteiger partial charge in [0.15, 0.2) is 0 Å². The smallest absolute Gasteiger partial charge is 0.408 e. The number of nitrogens with two attached hydrogens (primary N) is 1. The zero-order valence-electron chi connectivity index (χ0n) is 42.7. The van der Waals surface area contributed by atoms with Crippen LogP contribution in [0.15, 0.2) is 146 Å². The Bertz CT molecular complexity index is 2850. The number of carbonyl (C=O) groups excluding carboxylic acids is 4. The van der Waals surface area contributed by atoms with Crippen molar-refractivity contribution in [3.63, 3.8) is 0 Å². The van der Waals surface area contributed by atoms with E-state index in [9.17, 15) is 24.0 Å². The molecule has 6 aromatic rings. The van der Waals surface area contributed by atoms with Gasteiger partial charge in [0.2, 0.25) is 11.8 Å². The minimum absolute atomic E-state index is 0. The number of amides is 3. The first-order chi connectivity index (χ1) is 34.8. The van der Waals surface area contributed by atoms with Gasteiger partial charge in [-0.15, -0.1) is 12.4 Å². The maximum atomic E-state index is 13.7. The van der Waals surface area contributed by atoms with Crippen molar-refractivity contribution in [1.29, 1.82) is 0 Å². The Morgan fingerprint density at radius 2 is 0.986 bits per heavy atom. The molecule has 0 spiro atoms. The molecule has 0 saturated heterocycles. The van der Waals surface area contributed by atoms with Crippen LogP contribution in [0, 0.1) is 0 Å². The van der Waals surface area contributed by atoms with E-state index >= 15 is 0 Å². The third kappa shape index (κ3) is 15.7. The van der Waals surface area contributed by atoms with Crippen molar-refractivity contribution in [2.24, 2.45) is 5.73 Å². The van der Waals surface area contributed by atoms with Crippen LogP contribution >= 0.6 is 12.4 Å². The number of carboxylic acids is 1. The molecule has 15 heteroatoms. The van der Waals surface area contributed by atoms with Crippen molar-refractivity contribution in [2.75, 3.05) is 22.9 Å². The number of carboxylic acid groups (broad SMARTS) is 1. The number of hydrogen-bond acceptors (Lipinski definition) is 10. The number of hydrogen-bond donors (Lipinski definition) is 3. The van der Waals surface area contributed by atoms with E-state index in [0.29, 0.717) is 44.9 Å². The summed E-state index contributed by atoms with van der Waals surface area (Å²) in [5.41, 5.74) is 14.5. The molecule has 0 fully saturated rings. The average molecular weight is 1030 g/mol. The lowest BCUT2D eigenvalue weighted by atomic mass is 10.0. The van der Waals surface area contributed by atoms with Gasteiger partial charge >= 0.3 is 18.0 Å². The van der Waals surface area contributed by atoms with Gasteiger partial charge < -0.3 is 44.9 Å². The van der Waals surface area contributed by atoms with Gasteiger partial charge in [-0.25, -0.2) is 4.79 Å². The molecule has 0 radical (unpaired) electrons. The van der Waals surface area contributed by atoms with Crippen LogP contribution < -0.4 is 30.3 Å². The number of halogens is 1. The van der Waals surface area contributed by atoms with Gasteiger partial charge in [-0.05, 0) is 135 Å². The second-order valence-corrected chi connectivity index (χ2v) is 20.0. The summed E-state index contributed by atoms with van der Waals surface area (Å²) in [7, 11) is 0. The Labute approximate surface area is 439 Å². The maximum absolute atomic E-state index is 13.7. The highest BCUT2D eigenvalue weighted by molar-refractivity contribution is 6.02. The molecule has 0 aromatic heterocycles. The topological polar surface area (TPSA) is 187 Å². The van der Waals surface area contributed by atoms with Gasteiger partial charge in [-0.1, -0.05) is 109 Å². The molecule has 0 unspecified atom stereocenters. The molecule has 74 heavy (non-hydrogen) atoms. The maximum Gasteiger partial charge on any atom is 0.408 e. The van der Waals surface area contributed by atoms with E-state index in [0.717, 1.165) is 56.1 Å². The van der Waals surface area contributed by atoms with Gasteiger partial charge in [0, 0.05) is 24.5 Å². The van der Waals surface area contributed by atoms with E-state index in [4.69, 9.17) is 29.8 Å². The number of ether oxygens (including phenoxy) is 4. The highest BCUT2D eigenvalue weighted by atomic mass is 35.5. The first-order valence-corrected chi connectivity index (χ1v) is 24.4. The molecule has 0 aliphatic carbocycles. The monoisotopic (exact) mass is 1020 g/mol. The lowest BCUT2D eigenvalue weighted by molar-refractivity contribution is -0.156. The standard InChI is InChI=1S/C34H40N2O6.C25H24N2O4.ClH/c1-33(2,3)41-30(37)21-28(35-32(39)42-34(4,5)6)31(38)36-19-18-26-20-27(16-17-29(26)36)40-22-23-12-14-25(15-13-23)24-10-8-7-9-11-24;26-22(15-24(28)29)25(30)27-13-12-20-14-21(10-11-23(20)27)31-16-17-6-8-19(9-7-17)18-4-2-1-3-5-18;/h7-17,20,28H,18-19,21-22H2,1-6H3,(H,35,39);1-11,14,22H,12-13,15-16,26H2,(H,28,29);1H/t28-;22-;/m11./s1. The van der Waals surface area contributed by atoms with Gasteiger partial charge in [0.25, 0.3) is 0 Å². The molecular weight excluding hydrogens is 960 g/mol. The molecule has 0 saturated carbocycles. The molecule has 388 valence electrons. The van der Waals surface area contributed by atoms with E-state index < -0.39 is 47.2 Å². The van der Waals surface area contributed by atoms with Crippen LogP contribution in [0.2, 0.25) is 0 Å². The van der Waals surface area contributed by atoms with Crippen LogP contribution in [-0.4, -0.2) is 71.3 Å². The summed E-state index contributed by atoms with van der Waals surface area (Å²) >= 11 is 0. The van der Waals surface area contributed by atoms with Crippen LogP contribution in [-0.2, 0) is 54.7 Å². The molecule has 2 heterocycles. The molecule has 0 bridgehead atoms. The largest absolute Gasteiger partial charge is 0.489 e. The van der Waals surface area contributed by atoms with Crippen LogP contribution in [0.5, 0.6) is 11.5 Å². The lowest BCUT2D eigenvalue weighted by Gasteiger charge is -2.27. The van der Waals surface area contributed by atoms with E-state index in [-0.39, 0.29) is 31.2 Å². The van der Waals surface area contributed by atoms with Crippen LogP contribution in [0.3, 0.4) is 0 Å². The highest BCUT2D eigenvalue weighted by Crippen LogP contribution is 2.34. The summed E-state index contributed by atoms with van der Waals surface area (Å²) in [5.74, 6) is -1.01. The summed E-state index contributed by atoms with van der Waals surface area (Å²) in [6.07, 6.45) is -0.163. The number of nitrogens with one attached hydrogen (secondary N) is 1. The zero-order chi connectivity index (χ0) is 52.3. The number of alkyl carbamates (subject to hydrolysis) is 1. The summed E-state index contributed by atoms with van der Waals surface area (Å²) in [5, 5.41) is 11.5. The number of fused-ring (bicyclic) bond motifs is 2. The second-order valence-electron chi connectivity index (χ2n) is 20.0. The molecule has 3 amide bonds. The fraction of sp³-hybridized carbons (Fsp3) is 0.305. The first kappa shape index (κ1) is 55.6. The van der Waals surface area contributed by atoms with Crippen LogP contribution in [0.4, 0.5) is 16.2 Å². The highest BCUT2D eigenvalue weighted by Gasteiger charge is 2.35. The molecule has 2 aliphatic rings. The zero-order valence-corrected chi connectivity index (χ0v) is 43.5. The molecule has 8 rings (SSSR count). The Morgan fingerprint density at radius 1 is 0.568 bits per heavy atom.